The van der Waals surface area contributed by atoms with Gasteiger partial charge in [-0.15, -0.1) is 0 Å². The molecule has 2 amide bonds. The van der Waals surface area contributed by atoms with Crippen LogP contribution in [0.3, 0.4) is 0 Å². The van der Waals surface area contributed by atoms with E-state index in [0.29, 0.717) is 37.3 Å². The minimum atomic E-state index is -0.584. The molecule has 0 saturated heterocycles. The molecule has 174 valence electrons. The first-order valence-corrected chi connectivity index (χ1v) is 11.5. The highest BCUT2D eigenvalue weighted by molar-refractivity contribution is 6.30. The molecule has 3 rings (SSSR count). The Morgan fingerprint density at radius 1 is 1.03 bits per heavy atom. The average molecular weight is 469 g/mol. The van der Waals surface area contributed by atoms with Gasteiger partial charge < -0.3 is 15.4 Å². The number of carbonyl (C=O) groups is 3. The third kappa shape index (κ3) is 8.73. The number of nitrogens with one attached hydrogen (secondary N) is 2. The van der Waals surface area contributed by atoms with Crippen LogP contribution >= 0.6 is 11.6 Å². The number of rotatable bonds is 6. The molecule has 0 radical (unpaired) electrons. The van der Waals surface area contributed by atoms with E-state index in [9.17, 15) is 14.4 Å². The first-order chi connectivity index (χ1) is 16.0. The lowest BCUT2D eigenvalue weighted by atomic mass is 9.99. The van der Waals surface area contributed by atoms with E-state index in [-0.39, 0.29) is 30.9 Å². The monoisotopic (exact) mass is 468 g/mol. The van der Waals surface area contributed by atoms with Gasteiger partial charge in [0.25, 0.3) is 0 Å². The van der Waals surface area contributed by atoms with Crippen LogP contribution in [-0.2, 0) is 32.1 Å². The lowest BCUT2D eigenvalue weighted by Gasteiger charge is -2.21. The Morgan fingerprint density at radius 3 is 2.55 bits per heavy atom. The summed E-state index contributed by atoms with van der Waals surface area (Å²) in [6.07, 6.45) is 5.64. The molecular formula is C26H29ClN2O4. The molecule has 2 atom stereocenters. The first-order valence-electron chi connectivity index (χ1n) is 11.2. The number of ether oxygens (including phenoxy) is 1. The number of carbonyl (C=O) groups excluding carboxylic acids is 3. The summed E-state index contributed by atoms with van der Waals surface area (Å²) < 4.78 is 5.56. The van der Waals surface area contributed by atoms with Gasteiger partial charge in [0.1, 0.15) is 6.61 Å². The highest BCUT2D eigenvalue weighted by Gasteiger charge is 2.24. The fraction of sp³-hybridized carbons (Fsp3) is 0.346. The van der Waals surface area contributed by atoms with E-state index in [1.165, 1.54) is 0 Å². The summed E-state index contributed by atoms with van der Waals surface area (Å²) in [6, 6.07) is 16.6. The zero-order chi connectivity index (χ0) is 23.5. The summed E-state index contributed by atoms with van der Waals surface area (Å²) in [5, 5.41) is 6.45. The van der Waals surface area contributed by atoms with Gasteiger partial charge >= 0.3 is 5.97 Å². The van der Waals surface area contributed by atoms with Crippen molar-refractivity contribution in [3.8, 4) is 0 Å². The molecule has 2 N–H and O–H groups in total. The molecule has 2 aromatic carbocycles. The van der Waals surface area contributed by atoms with Gasteiger partial charge in [-0.2, -0.15) is 0 Å². The highest BCUT2D eigenvalue weighted by Crippen LogP contribution is 2.15. The van der Waals surface area contributed by atoms with Crippen LogP contribution in [0.5, 0.6) is 0 Å². The second kappa shape index (κ2) is 12.8. The van der Waals surface area contributed by atoms with Crippen LogP contribution in [0.25, 0.3) is 0 Å². The summed E-state index contributed by atoms with van der Waals surface area (Å²) in [4.78, 5) is 37.5. The topological polar surface area (TPSA) is 84.5 Å². The predicted octanol–water partition coefficient (Wildman–Crippen LogP) is 3.97. The molecule has 0 bridgehead atoms. The van der Waals surface area contributed by atoms with Crippen LogP contribution < -0.4 is 10.6 Å². The van der Waals surface area contributed by atoms with Gasteiger partial charge in [0.05, 0.1) is 12.0 Å². The SMILES string of the molecule is O=C(C[C@@H]1C/C=C/CCC(=O)N[C@H](Cc2ccccc2)COC1=O)NCc1ccc(Cl)cc1. The third-order valence-corrected chi connectivity index (χ3v) is 5.66. The molecule has 0 aliphatic carbocycles. The molecular weight excluding hydrogens is 440 g/mol. The Labute approximate surface area is 199 Å². The Bertz CT molecular complexity index is 960. The van der Waals surface area contributed by atoms with E-state index in [1.807, 2.05) is 54.6 Å². The summed E-state index contributed by atoms with van der Waals surface area (Å²) >= 11 is 5.89. The van der Waals surface area contributed by atoms with Crippen LogP contribution in [0.15, 0.2) is 66.7 Å². The minimum Gasteiger partial charge on any atom is -0.463 e. The van der Waals surface area contributed by atoms with Crippen molar-refractivity contribution in [2.24, 2.45) is 5.92 Å². The molecule has 1 aliphatic heterocycles. The molecule has 0 saturated carbocycles. The van der Waals surface area contributed by atoms with Crippen molar-refractivity contribution in [2.45, 2.75) is 44.7 Å². The van der Waals surface area contributed by atoms with Gasteiger partial charge in [-0.05, 0) is 42.5 Å². The first kappa shape index (κ1) is 24.5. The van der Waals surface area contributed by atoms with Crippen LogP contribution in [0.4, 0.5) is 0 Å². The summed E-state index contributed by atoms with van der Waals surface area (Å²) in [5.41, 5.74) is 1.97. The molecule has 0 unspecified atom stereocenters. The van der Waals surface area contributed by atoms with Crippen molar-refractivity contribution in [1.29, 1.82) is 0 Å². The Balaban J connectivity index is 1.59. The number of amides is 2. The summed E-state index contributed by atoms with van der Waals surface area (Å²) in [5.74, 6) is -1.31. The van der Waals surface area contributed by atoms with Gasteiger partial charge in [-0.1, -0.05) is 66.2 Å². The smallest absolute Gasteiger partial charge is 0.309 e. The zero-order valence-electron chi connectivity index (χ0n) is 18.5. The molecule has 0 aromatic heterocycles. The summed E-state index contributed by atoms with van der Waals surface area (Å²) in [6.45, 7) is 0.421. The van der Waals surface area contributed by atoms with E-state index in [4.69, 9.17) is 16.3 Å². The molecule has 1 aliphatic rings. The number of benzene rings is 2. The van der Waals surface area contributed by atoms with Crippen molar-refractivity contribution in [2.75, 3.05) is 6.61 Å². The summed E-state index contributed by atoms with van der Waals surface area (Å²) in [7, 11) is 0. The van der Waals surface area contributed by atoms with Crippen molar-refractivity contribution in [3.63, 3.8) is 0 Å². The van der Waals surface area contributed by atoms with Crippen LogP contribution in [0, 0.1) is 5.92 Å². The zero-order valence-corrected chi connectivity index (χ0v) is 19.2. The molecule has 1 heterocycles. The molecule has 7 heteroatoms. The van der Waals surface area contributed by atoms with Gasteiger partial charge in [0.15, 0.2) is 0 Å². The standard InChI is InChI=1S/C26H29ClN2O4/c27-22-13-11-20(12-14-22)17-28-25(31)16-21-9-5-2-6-10-24(30)29-23(18-33-26(21)32)15-19-7-3-1-4-8-19/h1-5,7-8,11-14,21,23H,6,9-10,15-18H2,(H,28,31)(H,29,30)/b5-2+/t21-,23+/m0/s1. The lowest BCUT2D eigenvalue weighted by molar-refractivity contribution is -0.151. The van der Waals surface area contributed by atoms with Crippen LogP contribution in [0.2, 0.25) is 5.02 Å². The number of hydrogen-bond acceptors (Lipinski definition) is 4. The lowest BCUT2D eigenvalue weighted by Crippen LogP contribution is -2.41. The maximum atomic E-state index is 12.8. The number of esters is 1. The molecule has 2 aromatic rings. The maximum absolute atomic E-state index is 12.8. The Morgan fingerprint density at radius 2 is 1.79 bits per heavy atom. The van der Waals surface area contributed by atoms with Crippen molar-refractivity contribution in [3.05, 3.63) is 82.9 Å². The minimum absolute atomic E-state index is 0.0342. The van der Waals surface area contributed by atoms with Gasteiger partial charge in [0.2, 0.25) is 11.8 Å². The Kier molecular flexibility index (Phi) is 9.51. The quantitative estimate of drug-likeness (QED) is 0.496. The highest BCUT2D eigenvalue weighted by atomic mass is 35.5. The molecule has 0 spiro atoms. The van der Waals surface area contributed by atoms with E-state index in [1.54, 1.807) is 12.1 Å². The van der Waals surface area contributed by atoms with E-state index in [2.05, 4.69) is 10.6 Å². The predicted molar refractivity (Wildman–Crippen MR) is 127 cm³/mol. The third-order valence-electron chi connectivity index (χ3n) is 5.41. The van der Waals surface area contributed by atoms with Gasteiger partial charge in [-0.3, -0.25) is 14.4 Å². The molecule has 33 heavy (non-hydrogen) atoms. The second-order valence-electron chi connectivity index (χ2n) is 8.13. The van der Waals surface area contributed by atoms with E-state index in [0.717, 1.165) is 11.1 Å². The van der Waals surface area contributed by atoms with Crippen molar-refractivity contribution < 1.29 is 19.1 Å². The maximum Gasteiger partial charge on any atom is 0.309 e. The van der Waals surface area contributed by atoms with Crippen molar-refractivity contribution >= 4 is 29.4 Å². The fourth-order valence-electron chi connectivity index (χ4n) is 3.61. The normalized spacial score (nSPS) is 20.5. The van der Waals surface area contributed by atoms with Gasteiger partial charge in [-0.25, -0.2) is 0 Å². The van der Waals surface area contributed by atoms with Crippen molar-refractivity contribution in [1.82, 2.24) is 10.6 Å². The largest absolute Gasteiger partial charge is 0.463 e. The Hall–Kier alpha value is -3.12. The fourth-order valence-corrected chi connectivity index (χ4v) is 3.73. The number of allylic oxidation sites excluding steroid dienone is 2. The number of halogens is 1. The van der Waals surface area contributed by atoms with E-state index < -0.39 is 11.9 Å². The number of hydrogen-bond donors (Lipinski definition) is 2. The number of cyclic esters (lactones) is 1. The van der Waals surface area contributed by atoms with Crippen LogP contribution in [-0.4, -0.2) is 30.4 Å². The van der Waals surface area contributed by atoms with E-state index >= 15 is 0 Å². The second-order valence-corrected chi connectivity index (χ2v) is 8.57. The van der Waals surface area contributed by atoms with Crippen LogP contribution in [0.1, 0.15) is 36.8 Å². The average Bonchev–Trinajstić information content (AvgIpc) is 2.81. The molecule has 0 fully saturated rings. The van der Waals surface area contributed by atoms with Gasteiger partial charge in [0, 0.05) is 24.4 Å². The molecule has 6 nitrogen and oxygen atoms in total.